The van der Waals surface area contributed by atoms with Gasteiger partial charge < -0.3 is 14.2 Å². The van der Waals surface area contributed by atoms with Crippen molar-refractivity contribution in [2.45, 2.75) is 6.10 Å². The second-order valence-electron chi connectivity index (χ2n) is 6.81. The Kier molecular flexibility index (Phi) is 3.72. The van der Waals surface area contributed by atoms with Crippen molar-refractivity contribution >= 4 is 27.5 Å². The Labute approximate surface area is 162 Å². The molecule has 138 valence electrons. The van der Waals surface area contributed by atoms with Crippen LogP contribution in [0.25, 0.3) is 21.5 Å². The lowest BCUT2D eigenvalue weighted by Gasteiger charge is -2.19. The Hall–Kier alpha value is -3.53. The summed E-state index contributed by atoms with van der Waals surface area (Å²) in [6, 6.07) is 22.0. The molecule has 0 saturated heterocycles. The summed E-state index contributed by atoms with van der Waals surface area (Å²) in [5.41, 5.74) is 2.21. The van der Waals surface area contributed by atoms with Crippen molar-refractivity contribution in [3.8, 4) is 11.5 Å². The fraction of sp³-hybridized carbons (Fsp3) is 0.125. The van der Waals surface area contributed by atoms with E-state index in [9.17, 15) is 4.79 Å². The standard InChI is InChI=1S/C24H18O4/c1-26-16-12-19-22(20(13-16)27-2)23(28-24(19)25)21-17-9-5-3-7-14(17)11-15-8-4-6-10-18(15)21/h3-13,23H,1-2H3/t23-/m0/s1. The summed E-state index contributed by atoms with van der Waals surface area (Å²) < 4.78 is 16.8. The largest absolute Gasteiger partial charge is 0.497 e. The molecule has 4 aromatic carbocycles. The summed E-state index contributed by atoms with van der Waals surface area (Å²) in [4.78, 5) is 12.7. The lowest BCUT2D eigenvalue weighted by atomic mass is 9.89. The van der Waals surface area contributed by atoms with E-state index in [4.69, 9.17) is 14.2 Å². The first-order chi connectivity index (χ1) is 13.7. The highest BCUT2D eigenvalue weighted by molar-refractivity contribution is 6.05. The van der Waals surface area contributed by atoms with Crippen LogP contribution in [-0.2, 0) is 4.74 Å². The van der Waals surface area contributed by atoms with E-state index in [1.54, 1.807) is 26.4 Å². The van der Waals surface area contributed by atoms with Gasteiger partial charge in [-0.3, -0.25) is 0 Å². The number of esters is 1. The number of fused-ring (bicyclic) bond motifs is 3. The summed E-state index contributed by atoms with van der Waals surface area (Å²) in [7, 11) is 3.16. The third-order valence-electron chi connectivity index (χ3n) is 5.35. The van der Waals surface area contributed by atoms with Crippen LogP contribution in [0.3, 0.4) is 0 Å². The van der Waals surface area contributed by atoms with Crippen LogP contribution in [0.15, 0.2) is 66.7 Å². The first kappa shape index (κ1) is 16.6. The van der Waals surface area contributed by atoms with E-state index in [1.165, 1.54) is 0 Å². The number of ether oxygens (including phenoxy) is 3. The van der Waals surface area contributed by atoms with Crippen LogP contribution in [0.2, 0.25) is 0 Å². The molecule has 1 aliphatic heterocycles. The minimum Gasteiger partial charge on any atom is -0.497 e. The van der Waals surface area contributed by atoms with E-state index in [2.05, 4.69) is 30.3 Å². The van der Waals surface area contributed by atoms with Gasteiger partial charge in [-0.2, -0.15) is 0 Å². The fourth-order valence-electron chi connectivity index (χ4n) is 4.09. The van der Waals surface area contributed by atoms with Gasteiger partial charge in [-0.25, -0.2) is 4.79 Å². The van der Waals surface area contributed by atoms with Crippen LogP contribution in [0.5, 0.6) is 11.5 Å². The van der Waals surface area contributed by atoms with E-state index >= 15 is 0 Å². The van der Waals surface area contributed by atoms with Gasteiger partial charge in [0.25, 0.3) is 0 Å². The zero-order chi connectivity index (χ0) is 19.3. The number of cyclic esters (lactones) is 1. The predicted octanol–water partition coefficient (Wildman–Crippen LogP) is 5.27. The van der Waals surface area contributed by atoms with Gasteiger partial charge in [-0.15, -0.1) is 0 Å². The highest BCUT2D eigenvalue weighted by Gasteiger charge is 2.37. The summed E-state index contributed by atoms with van der Waals surface area (Å²) in [5.74, 6) is 0.785. The molecule has 1 atom stereocenters. The van der Waals surface area contributed by atoms with Crippen molar-refractivity contribution < 1.29 is 19.0 Å². The summed E-state index contributed by atoms with van der Waals surface area (Å²) in [5, 5.41) is 4.33. The zero-order valence-corrected chi connectivity index (χ0v) is 15.6. The molecule has 4 nitrogen and oxygen atoms in total. The van der Waals surface area contributed by atoms with Crippen molar-refractivity contribution in [3.63, 3.8) is 0 Å². The van der Waals surface area contributed by atoms with Gasteiger partial charge in [0.2, 0.25) is 0 Å². The molecular formula is C24H18O4. The van der Waals surface area contributed by atoms with Gasteiger partial charge >= 0.3 is 5.97 Å². The first-order valence-corrected chi connectivity index (χ1v) is 9.08. The Morgan fingerprint density at radius 2 is 1.43 bits per heavy atom. The Balaban J connectivity index is 1.87. The SMILES string of the molecule is COc1cc(OC)c2c(c1)C(=O)O[C@H]2c1c2ccccc2cc2ccccc12. The van der Waals surface area contributed by atoms with Gasteiger partial charge in [-0.1, -0.05) is 48.5 Å². The number of carbonyl (C=O) groups excluding carboxylic acids is 1. The quantitative estimate of drug-likeness (QED) is 0.364. The molecule has 4 heteroatoms. The monoisotopic (exact) mass is 370 g/mol. The van der Waals surface area contributed by atoms with Crippen molar-refractivity contribution in [2.75, 3.05) is 14.2 Å². The Morgan fingerprint density at radius 1 is 0.786 bits per heavy atom. The van der Waals surface area contributed by atoms with Crippen LogP contribution in [-0.4, -0.2) is 20.2 Å². The molecule has 0 amide bonds. The second-order valence-corrected chi connectivity index (χ2v) is 6.81. The van der Waals surface area contributed by atoms with Crippen LogP contribution in [0.1, 0.15) is 27.6 Å². The molecule has 0 fully saturated rings. The lowest BCUT2D eigenvalue weighted by Crippen LogP contribution is -2.04. The van der Waals surface area contributed by atoms with Gasteiger partial charge in [0.05, 0.1) is 25.3 Å². The van der Waals surface area contributed by atoms with Gasteiger partial charge in [0, 0.05) is 11.6 Å². The molecule has 0 saturated carbocycles. The zero-order valence-electron chi connectivity index (χ0n) is 15.6. The summed E-state index contributed by atoms with van der Waals surface area (Å²) >= 11 is 0. The smallest absolute Gasteiger partial charge is 0.339 e. The van der Waals surface area contributed by atoms with Crippen LogP contribution >= 0.6 is 0 Å². The van der Waals surface area contributed by atoms with Crippen molar-refractivity contribution in [2.24, 2.45) is 0 Å². The topological polar surface area (TPSA) is 44.8 Å². The maximum absolute atomic E-state index is 12.7. The number of methoxy groups -OCH3 is 2. The molecule has 0 N–H and O–H groups in total. The van der Waals surface area contributed by atoms with Gasteiger partial charge in [0.15, 0.2) is 6.10 Å². The van der Waals surface area contributed by atoms with E-state index in [1.807, 2.05) is 24.3 Å². The third-order valence-corrected chi connectivity index (χ3v) is 5.35. The number of hydrogen-bond acceptors (Lipinski definition) is 4. The second kappa shape index (κ2) is 6.27. The van der Waals surface area contributed by atoms with E-state index in [0.29, 0.717) is 17.1 Å². The highest BCUT2D eigenvalue weighted by atomic mass is 16.6. The summed E-state index contributed by atoms with van der Waals surface area (Å²) in [6.45, 7) is 0. The molecule has 0 spiro atoms. The average Bonchev–Trinajstić information content (AvgIpc) is 3.07. The highest BCUT2D eigenvalue weighted by Crippen LogP contribution is 2.47. The first-order valence-electron chi connectivity index (χ1n) is 9.08. The van der Waals surface area contributed by atoms with Crippen LogP contribution in [0, 0.1) is 0 Å². The number of benzene rings is 4. The maximum atomic E-state index is 12.7. The molecule has 0 aromatic heterocycles. The molecule has 1 heterocycles. The van der Waals surface area contributed by atoms with E-state index in [0.717, 1.165) is 32.7 Å². The fourth-order valence-corrected chi connectivity index (χ4v) is 4.09. The molecule has 4 aromatic rings. The molecule has 5 rings (SSSR count). The predicted molar refractivity (Wildman–Crippen MR) is 108 cm³/mol. The van der Waals surface area contributed by atoms with Gasteiger partial charge in [-0.05, 0) is 33.7 Å². The number of hydrogen-bond donors (Lipinski definition) is 0. The molecule has 0 bridgehead atoms. The normalized spacial score (nSPS) is 15.5. The number of rotatable bonds is 3. The molecular weight excluding hydrogens is 352 g/mol. The minimum absolute atomic E-state index is 0.366. The van der Waals surface area contributed by atoms with Crippen LogP contribution in [0.4, 0.5) is 0 Å². The third kappa shape index (κ3) is 2.34. The van der Waals surface area contributed by atoms with E-state index < -0.39 is 6.10 Å². The Morgan fingerprint density at radius 3 is 2.04 bits per heavy atom. The Bertz CT molecular complexity index is 1190. The molecule has 28 heavy (non-hydrogen) atoms. The maximum Gasteiger partial charge on any atom is 0.339 e. The average molecular weight is 370 g/mol. The van der Waals surface area contributed by atoms with Crippen molar-refractivity contribution in [1.82, 2.24) is 0 Å². The van der Waals surface area contributed by atoms with E-state index in [-0.39, 0.29) is 5.97 Å². The number of carbonyl (C=O) groups is 1. The molecule has 0 unspecified atom stereocenters. The van der Waals surface area contributed by atoms with Crippen LogP contribution < -0.4 is 9.47 Å². The minimum atomic E-state index is -0.542. The lowest BCUT2D eigenvalue weighted by molar-refractivity contribution is 0.0458. The molecule has 1 aliphatic rings. The van der Waals surface area contributed by atoms with Gasteiger partial charge in [0.1, 0.15) is 11.5 Å². The molecule has 0 radical (unpaired) electrons. The molecule has 0 aliphatic carbocycles. The van der Waals surface area contributed by atoms with Crippen molar-refractivity contribution in [3.05, 3.63) is 83.4 Å². The summed E-state index contributed by atoms with van der Waals surface area (Å²) in [6.07, 6.45) is -0.542. The van der Waals surface area contributed by atoms with Crippen molar-refractivity contribution in [1.29, 1.82) is 0 Å².